The van der Waals surface area contributed by atoms with Crippen LogP contribution in [0.1, 0.15) is 18.1 Å². The highest BCUT2D eigenvalue weighted by molar-refractivity contribution is 6.32. The van der Waals surface area contributed by atoms with Crippen LogP contribution in [0.5, 0.6) is 5.75 Å². The van der Waals surface area contributed by atoms with Crippen LogP contribution in [0.25, 0.3) is 0 Å². The van der Waals surface area contributed by atoms with E-state index in [4.69, 9.17) is 16.3 Å². The van der Waals surface area contributed by atoms with E-state index < -0.39 is 0 Å². The maximum Gasteiger partial charge on any atom is 0.258 e. The molecular weight excluding hydrogens is 280 g/mol. The molecule has 2 N–H and O–H groups in total. The van der Waals surface area contributed by atoms with Crippen molar-refractivity contribution in [3.05, 3.63) is 28.3 Å². The molecule has 1 aromatic carbocycles. The Morgan fingerprint density at radius 3 is 2.25 bits per heavy atom. The average molecular weight is 299 g/mol. The second kappa shape index (κ2) is 7.75. The molecule has 0 saturated heterocycles. The van der Waals surface area contributed by atoms with Gasteiger partial charge in [0, 0.05) is 25.0 Å². The molecule has 0 aliphatic heterocycles. The lowest BCUT2D eigenvalue weighted by Gasteiger charge is -2.10. The van der Waals surface area contributed by atoms with Gasteiger partial charge in [-0.15, -0.1) is 0 Å². The van der Waals surface area contributed by atoms with Crippen molar-refractivity contribution in [1.82, 2.24) is 10.6 Å². The SMILES string of the molecule is CC(=O)NCCNC(=O)COc1cc(C)c(Cl)c(C)c1. The normalized spacial score (nSPS) is 10.0. The summed E-state index contributed by atoms with van der Waals surface area (Å²) < 4.78 is 5.40. The molecule has 110 valence electrons. The van der Waals surface area contributed by atoms with Crippen molar-refractivity contribution in [2.75, 3.05) is 19.7 Å². The number of carbonyl (C=O) groups is 2. The Labute approximate surface area is 123 Å². The number of rotatable bonds is 6. The highest BCUT2D eigenvalue weighted by Crippen LogP contribution is 2.25. The molecule has 0 unspecified atom stereocenters. The first kappa shape index (κ1) is 16.3. The van der Waals surface area contributed by atoms with Gasteiger partial charge < -0.3 is 15.4 Å². The van der Waals surface area contributed by atoms with Gasteiger partial charge in [-0.25, -0.2) is 0 Å². The van der Waals surface area contributed by atoms with Gasteiger partial charge in [-0.05, 0) is 37.1 Å². The maximum atomic E-state index is 11.5. The number of ether oxygens (including phenoxy) is 1. The van der Waals surface area contributed by atoms with Gasteiger partial charge in [-0.1, -0.05) is 11.6 Å². The van der Waals surface area contributed by atoms with Crippen LogP contribution < -0.4 is 15.4 Å². The summed E-state index contributed by atoms with van der Waals surface area (Å²) >= 11 is 6.05. The van der Waals surface area contributed by atoms with Crippen molar-refractivity contribution < 1.29 is 14.3 Å². The largest absolute Gasteiger partial charge is 0.484 e. The van der Waals surface area contributed by atoms with Gasteiger partial charge in [0.2, 0.25) is 5.91 Å². The predicted octanol–water partition coefficient (Wildman–Crippen LogP) is 1.59. The van der Waals surface area contributed by atoms with Gasteiger partial charge in [0.25, 0.3) is 5.91 Å². The minimum atomic E-state index is -0.236. The Hall–Kier alpha value is -1.75. The second-order valence-corrected chi connectivity index (χ2v) is 4.87. The number of hydrogen-bond donors (Lipinski definition) is 2. The van der Waals surface area contributed by atoms with Crippen molar-refractivity contribution in [2.24, 2.45) is 0 Å². The molecule has 0 atom stereocenters. The summed E-state index contributed by atoms with van der Waals surface area (Å²) in [6, 6.07) is 3.58. The van der Waals surface area contributed by atoms with E-state index in [1.165, 1.54) is 6.92 Å². The summed E-state index contributed by atoms with van der Waals surface area (Å²) in [5.74, 6) is 0.254. The molecule has 1 aromatic rings. The molecule has 0 radical (unpaired) electrons. The van der Waals surface area contributed by atoms with Crippen molar-refractivity contribution in [1.29, 1.82) is 0 Å². The Morgan fingerprint density at radius 1 is 1.15 bits per heavy atom. The Bertz CT molecular complexity index is 480. The molecule has 6 heteroatoms. The van der Waals surface area contributed by atoms with E-state index in [1.807, 2.05) is 13.8 Å². The van der Waals surface area contributed by atoms with Gasteiger partial charge in [-0.3, -0.25) is 9.59 Å². The molecule has 2 amide bonds. The third kappa shape index (κ3) is 5.48. The molecule has 20 heavy (non-hydrogen) atoms. The second-order valence-electron chi connectivity index (χ2n) is 4.49. The van der Waals surface area contributed by atoms with Crippen LogP contribution in [0.15, 0.2) is 12.1 Å². The molecule has 0 aliphatic rings. The molecule has 0 saturated carbocycles. The molecule has 0 fully saturated rings. The zero-order valence-corrected chi connectivity index (χ0v) is 12.6. The summed E-state index contributed by atoms with van der Waals surface area (Å²) in [4.78, 5) is 22.2. The summed E-state index contributed by atoms with van der Waals surface area (Å²) in [6.45, 7) is 5.91. The van der Waals surface area contributed by atoms with Crippen LogP contribution in [-0.4, -0.2) is 31.5 Å². The fourth-order valence-electron chi connectivity index (χ4n) is 1.63. The third-order valence-electron chi connectivity index (χ3n) is 2.60. The number of aryl methyl sites for hydroxylation is 2. The van der Waals surface area contributed by atoms with Gasteiger partial charge in [0.05, 0.1) is 0 Å². The maximum absolute atomic E-state index is 11.5. The summed E-state index contributed by atoms with van der Waals surface area (Å²) in [5, 5.41) is 5.94. The monoisotopic (exact) mass is 298 g/mol. The summed E-state index contributed by atoms with van der Waals surface area (Å²) in [5.41, 5.74) is 1.82. The van der Waals surface area contributed by atoms with E-state index in [1.54, 1.807) is 12.1 Å². The van der Waals surface area contributed by atoms with E-state index in [2.05, 4.69) is 10.6 Å². The highest BCUT2D eigenvalue weighted by atomic mass is 35.5. The molecule has 0 aromatic heterocycles. The Kier molecular flexibility index (Phi) is 6.31. The Morgan fingerprint density at radius 2 is 1.70 bits per heavy atom. The van der Waals surface area contributed by atoms with Crippen LogP contribution >= 0.6 is 11.6 Å². The molecule has 1 rings (SSSR count). The first-order valence-corrected chi connectivity index (χ1v) is 6.68. The first-order chi connectivity index (χ1) is 9.40. The van der Waals surface area contributed by atoms with Crippen LogP contribution in [0.3, 0.4) is 0 Å². The number of hydrogen-bond acceptors (Lipinski definition) is 3. The zero-order valence-electron chi connectivity index (χ0n) is 11.9. The standard InChI is InChI=1S/C14H19ClN2O3/c1-9-6-12(7-10(2)14(9)15)20-8-13(19)17-5-4-16-11(3)18/h6-7H,4-5,8H2,1-3H3,(H,16,18)(H,17,19). The lowest BCUT2D eigenvalue weighted by Crippen LogP contribution is -2.36. The fourth-order valence-corrected chi connectivity index (χ4v) is 1.74. The van der Waals surface area contributed by atoms with Gasteiger partial charge >= 0.3 is 0 Å². The average Bonchev–Trinajstić information content (AvgIpc) is 2.38. The number of nitrogens with one attached hydrogen (secondary N) is 2. The molecule has 5 nitrogen and oxygen atoms in total. The third-order valence-corrected chi connectivity index (χ3v) is 3.20. The highest BCUT2D eigenvalue weighted by Gasteiger charge is 2.06. The molecule has 0 heterocycles. The van der Waals surface area contributed by atoms with Gasteiger partial charge in [0.1, 0.15) is 5.75 Å². The number of amides is 2. The van der Waals surface area contributed by atoms with Crippen molar-refractivity contribution in [2.45, 2.75) is 20.8 Å². The fraction of sp³-hybridized carbons (Fsp3) is 0.429. The van der Waals surface area contributed by atoms with E-state index in [0.717, 1.165) is 11.1 Å². The number of carbonyl (C=O) groups excluding carboxylic acids is 2. The van der Waals surface area contributed by atoms with Crippen molar-refractivity contribution in [3.63, 3.8) is 0 Å². The molecule has 0 spiro atoms. The van der Waals surface area contributed by atoms with Gasteiger partial charge in [0.15, 0.2) is 6.61 Å². The van der Waals surface area contributed by atoms with Crippen LogP contribution in [0.2, 0.25) is 5.02 Å². The van der Waals surface area contributed by atoms with Crippen LogP contribution in [-0.2, 0) is 9.59 Å². The smallest absolute Gasteiger partial charge is 0.258 e. The van der Waals surface area contributed by atoms with E-state index >= 15 is 0 Å². The lowest BCUT2D eigenvalue weighted by molar-refractivity contribution is -0.123. The van der Waals surface area contributed by atoms with Crippen LogP contribution in [0, 0.1) is 13.8 Å². The zero-order chi connectivity index (χ0) is 15.1. The first-order valence-electron chi connectivity index (χ1n) is 6.31. The minimum Gasteiger partial charge on any atom is -0.484 e. The van der Waals surface area contributed by atoms with Crippen LogP contribution in [0.4, 0.5) is 0 Å². The van der Waals surface area contributed by atoms with Crippen molar-refractivity contribution in [3.8, 4) is 5.75 Å². The number of halogens is 1. The van der Waals surface area contributed by atoms with Crippen molar-refractivity contribution >= 4 is 23.4 Å². The summed E-state index contributed by atoms with van der Waals surface area (Å²) in [6.07, 6.45) is 0. The van der Waals surface area contributed by atoms with E-state index in [-0.39, 0.29) is 18.4 Å². The predicted molar refractivity (Wildman–Crippen MR) is 78.1 cm³/mol. The topological polar surface area (TPSA) is 67.4 Å². The molecule has 0 aliphatic carbocycles. The van der Waals surface area contributed by atoms with E-state index in [0.29, 0.717) is 23.9 Å². The number of benzene rings is 1. The summed E-state index contributed by atoms with van der Waals surface area (Å²) in [7, 11) is 0. The molecule has 0 bridgehead atoms. The minimum absolute atomic E-state index is 0.0689. The Balaban J connectivity index is 2.36. The quantitative estimate of drug-likeness (QED) is 0.784. The van der Waals surface area contributed by atoms with Gasteiger partial charge in [-0.2, -0.15) is 0 Å². The van der Waals surface area contributed by atoms with E-state index in [9.17, 15) is 9.59 Å². The lowest BCUT2D eigenvalue weighted by atomic mass is 10.1. The molecular formula is C14H19ClN2O3.